The maximum Gasteiger partial charge on any atom is 0.365 e. The largest absolute Gasteiger partial charge is 0.416 e. The molecule has 0 atom stereocenters. The first-order valence-electron chi connectivity index (χ1n) is 13.6. The lowest BCUT2D eigenvalue weighted by Gasteiger charge is -2.34. The van der Waals surface area contributed by atoms with E-state index < -0.39 is 5.97 Å². The summed E-state index contributed by atoms with van der Waals surface area (Å²) in [7, 11) is 0. The number of fused-ring (bicyclic) bond motifs is 1. The molecule has 9 nitrogen and oxygen atoms in total. The lowest BCUT2D eigenvalue weighted by Crippen LogP contribution is -2.32. The molecule has 0 unspecified atom stereocenters. The number of para-hydroxylation sites is 1. The van der Waals surface area contributed by atoms with Crippen LogP contribution in [0.2, 0.25) is 0 Å². The number of aromatic nitrogens is 5. The number of hydrogen-bond donors (Lipinski definition) is 0. The molecule has 0 amide bonds. The highest BCUT2D eigenvalue weighted by Crippen LogP contribution is 2.32. The van der Waals surface area contributed by atoms with Crippen molar-refractivity contribution in [1.82, 2.24) is 25.4 Å². The first-order chi connectivity index (χ1) is 20.2. The van der Waals surface area contributed by atoms with Crippen LogP contribution in [0.5, 0.6) is 0 Å². The molecule has 1 aliphatic heterocycles. The predicted molar refractivity (Wildman–Crippen MR) is 154 cm³/mol. The molecule has 0 saturated carbocycles. The lowest BCUT2D eigenvalue weighted by atomic mass is 9.89. The zero-order valence-electron chi connectivity index (χ0n) is 22.1. The molecule has 6 aromatic rings. The van der Waals surface area contributed by atoms with Crippen LogP contribution in [0, 0.1) is 0 Å². The molecule has 4 aromatic carbocycles. The maximum absolute atomic E-state index is 12.6. The van der Waals surface area contributed by atoms with Crippen LogP contribution in [0.15, 0.2) is 108 Å². The van der Waals surface area contributed by atoms with Crippen molar-refractivity contribution in [2.24, 2.45) is 0 Å². The summed E-state index contributed by atoms with van der Waals surface area (Å²) >= 11 is 0. The van der Waals surface area contributed by atoms with Gasteiger partial charge < -0.3 is 14.2 Å². The average Bonchev–Trinajstić information content (AvgIpc) is 3.70. The smallest absolute Gasteiger partial charge is 0.365 e. The number of benzene rings is 4. The SMILES string of the molecule is O=C(On1nnc2ccccc21)c1ccc(-c2nnc(-c3ccc(N4CCC(c5ccccc5)CC4)cc3)o2)cc1. The van der Waals surface area contributed by atoms with Gasteiger partial charge in [-0.25, -0.2) is 4.79 Å². The van der Waals surface area contributed by atoms with Gasteiger partial charge in [0.25, 0.3) is 0 Å². The Bertz CT molecular complexity index is 1790. The van der Waals surface area contributed by atoms with E-state index in [2.05, 4.69) is 67.9 Å². The number of anilines is 1. The fourth-order valence-corrected chi connectivity index (χ4v) is 5.26. The summed E-state index contributed by atoms with van der Waals surface area (Å²) in [4.78, 5) is 21.6. The summed E-state index contributed by atoms with van der Waals surface area (Å²) in [5.41, 5.74) is 5.79. The summed E-state index contributed by atoms with van der Waals surface area (Å²) in [6.07, 6.45) is 2.29. The Kier molecular flexibility index (Phi) is 6.44. The molecule has 1 saturated heterocycles. The second kappa shape index (κ2) is 10.7. The van der Waals surface area contributed by atoms with Crippen molar-refractivity contribution in [3.8, 4) is 22.9 Å². The monoisotopic (exact) mass is 542 g/mol. The van der Waals surface area contributed by atoms with Gasteiger partial charge in [0.15, 0.2) is 0 Å². The van der Waals surface area contributed by atoms with Gasteiger partial charge in [-0.2, -0.15) is 0 Å². The minimum atomic E-state index is -0.553. The number of hydrogen-bond acceptors (Lipinski definition) is 8. The summed E-state index contributed by atoms with van der Waals surface area (Å²) in [6, 6.07) is 33.1. The second-order valence-corrected chi connectivity index (χ2v) is 10.0. The Labute approximate surface area is 236 Å². The molecule has 0 spiro atoms. The Morgan fingerprint density at radius 2 is 1.37 bits per heavy atom. The Hall–Kier alpha value is -5.31. The molecule has 1 fully saturated rings. The van der Waals surface area contributed by atoms with E-state index in [-0.39, 0.29) is 0 Å². The average molecular weight is 543 g/mol. The molecule has 0 aliphatic carbocycles. The summed E-state index contributed by atoms with van der Waals surface area (Å²) in [5.74, 6) is 0.880. The molecule has 3 heterocycles. The van der Waals surface area contributed by atoms with Gasteiger partial charge in [0.2, 0.25) is 11.8 Å². The molecule has 9 heteroatoms. The molecule has 202 valence electrons. The second-order valence-electron chi connectivity index (χ2n) is 10.0. The van der Waals surface area contributed by atoms with Crippen molar-refractivity contribution in [3.05, 3.63) is 114 Å². The van der Waals surface area contributed by atoms with Crippen LogP contribution in [-0.4, -0.2) is 44.4 Å². The third kappa shape index (κ3) is 5.05. The minimum absolute atomic E-state index is 0.358. The number of carbonyl (C=O) groups is 1. The maximum atomic E-state index is 12.6. The molecule has 0 N–H and O–H groups in total. The van der Waals surface area contributed by atoms with E-state index in [1.165, 1.54) is 11.3 Å². The van der Waals surface area contributed by atoms with Crippen LogP contribution < -0.4 is 9.74 Å². The number of piperidine rings is 1. The van der Waals surface area contributed by atoms with Crippen molar-refractivity contribution >= 4 is 22.7 Å². The van der Waals surface area contributed by atoms with Crippen LogP contribution in [-0.2, 0) is 0 Å². The van der Waals surface area contributed by atoms with Crippen molar-refractivity contribution in [3.63, 3.8) is 0 Å². The molecular weight excluding hydrogens is 516 g/mol. The van der Waals surface area contributed by atoms with Crippen molar-refractivity contribution in [1.29, 1.82) is 0 Å². The standard InChI is InChI=1S/C32H26N6O3/c39-32(41-38-29-9-5-4-8-28(29)33-36-38)26-12-10-24(11-13-26)30-34-35-31(40-30)25-14-16-27(17-15-25)37-20-18-23(19-21-37)22-6-2-1-3-7-22/h1-17,23H,18-21H2. The number of rotatable bonds is 6. The Morgan fingerprint density at radius 3 is 2.07 bits per heavy atom. The molecule has 41 heavy (non-hydrogen) atoms. The lowest BCUT2D eigenvalue weighted by molar-refractivity contribution is 0.0409. The number of carbonyl (C=O) groups excluding carboxylic acids is 1. The summed E-state index contributed by atoms with van der Waals surface area (Å²) < 4.78 is 5.96. The van der Waals surface area contributed by atoms with Crippen LogP contribution in [0.4, 0.5) is 5.69 Å². The minimum Gasteiger partial charge on any atom is -0.416 e. The zero-order valence-corrected chi connectivity index (χ0v) is 22.1. The molecule has 2 aromatic heterocycles. The van der Waals surface area contributed by atoms with Gasteiger partial charge in [-0.3, -0.25) is 0 Å². The van der Waals surface area contributed by atoms with E-state index in [9.17, 15) is 4.79 Å². The molecule has 0 radical (unpaired) electrons. The van der Waals surface area contributed by atoms with Gasteiger partial charge in [-0.05, 0) is 90.2 Å². The normalized spacial score (nSPS) is 13.9. The van der Waals surface area contributed by atoms with Gasteiger partial charge in [0, 0.05) is 29.9 Å². The first kappa shape index (κ1) is 24.7. The van der Waals surface area contributed by atoms with E-state index in [0.717, 1.165) is 36.3 Å². The van der Waals surface area contributed by atoms with E-state index >= 15 is 0 Å². The van der Waals surface area contributed by atoms with Crippen molar-refractivity contribution < 1.29 is 14.0 Å². The van der Waals surface area contributed by atoms with Gasteiger partial charge >= 0.3 is 5.97 Å². The Balaban J connectivity index is 0.990. The topological polar surface area (TPSA) is 99.2 Å². The van der Waals surface area contributed by atoms with E-state index in [1.807, 2.05) is 24.3 Å². The highest BCUT2D eigenvalue weighted by atomic mass is 16.7. The van der Waals surface area contributed by atoms with E-state index in [0.29, 0.717) is 39.9 Å². The van der Waals surface area contributed by atoms with E-state index in [1.54, 1.807) is 36.4 Å². The third-order valence-corrected chi connectivity index (χ3v) is 7.53. The fraction of sp³-hybridized carbons (Fsp3) is 0.156. The molecule has 7 rings (SSSR count). The van der Waals surface area contributed by atoms with Gasteiger partial charge in [-0.15, -0.1) is 15.3 Å². The van der Waals surface area contributed by atoms with Crippen LogP contribution in [0.25, 0.3) is 33.9 Å². The summed E-state index contributed by atoms with van der Waals surface area (Å²) in [5, 5.41) is 16.3. The highest BCUT2D eigenvalue weighted by Gasteiger charge is 2.21. The van der Waals surface area contributed by atoms with E-state index in [4.69, 9.17) is 9.25 Å². The van der Waals surface area contributed by atoms with Gasteiger partial charge in [0.05, 0.1) is 5.56 Å². The fourth-order valence-electron chi connectivity index (χ4n) is 5.26. The van der Waals surface area contributed by atoms with Gasteiger partial charge in [-0.1, -0.05) is 47.3 Å². The summed E-state index contributed by atoms with van der Waals surface area (Å²) in [6.45, 7) is 2.06. The molecule has 1 aliphatic rings. The van der Waals surface area contributed by atoms with Crippen molar-refractivity contribution in [2.45, 2.75) is 18.8 Å². The van der Waals surface area contributed by atoms with Crippen LogP contribution >= 0.6 is 0 Å². The highest BCUT2D eigenvalue weighted by molar-refractivity contribution is 5.90. The molecular formula is C32H26N6O3. The van der Waals surface area contributed by atoms with Gasteiger partial charge in [0.1, 0.15) is 11.0 Å². The van der Waals surface area contributed by atoms with Crippen LogP contribution in [0.1, 0.15) is 34.7 Å². The third-order valence-electron chi connectivity index (χ3n) is 7.53. The number of nitrogens with zero attached hydrogens (tertiary/aromatic N) is 6. The molecule has 0 bridgehead atoms. The zero-order chi connectivity index (χ0) is 27.6. The predicted octanol–water partition coefficient (Wildman–Crippen LogP) is 5.80. The Morgan fingerprint density at radius 1 is 0.732 bits per heavy atom. The quantitative estimate of drug-likeness (QED) is 0.244. The van der Waals surface area contributed by atoms with Crippen LogP contribution in [0.3, 0.4) is 0 Å². The first-order valence-corrected chi connectivity index (χ1v) is 13.6. The van der Waals surface area contributed by atoms with Crippen molar-refractivity contribution in [2.75, 3.05) is 18.0 Å².